The zero-order chi connectivity index (χ0) is 24.7. The molecule has 0 aliphatic carbocycles. The highest BCUT2D eigenvalue weighted by Gasteiger charge is 2.19. The lowest BCUT2D eigenvalue weighted by molar-refractivity contribution is 0.102. The Morgan fingerprint density at radius 3 is 2.47 bits per heavy atom. The summed E-state index contributed by atoms with van der Waals surface area (Å²) in [7, 11) is -2.58. The van der Waals surface area contributed by atoms with Crippen LogP contribution in [0.3, 0.4) is 0 Å². The van der Waals surface area contributed by atoms with Gasteiger partial charge < -0.3 is 14.8 Å². The summed E-state index contributed by atoms with van der Waals surface area (Å²) >= 11 is 3.38. The molecule has 0 fully saturated rings. The van der Waals surface area contributed by atoms with Gasteiger partial charge in [-0.25, -0.2) is 18.4 Å². The first-order valence-corrected chi connectivity index (χ1v) is 12.7. The summed E-state index contributed by atoms with van der Waals surface area (Å²) < 4.78 is 39.3. The molecule has 9 nitrogen and oxygen atoms in total. The molecule has 0 saturated heterocycles. The highest BCUT2D eigenvalue weighted by Crippen LogP contribution is 2.26. The molecule has 2 N–H and O–H groups in total. The molecule has 0 aliphatic rings. The number of rotatable bonds is 10. The number of nitrogens with zero attached hydrogens (tertiary/aromatic N) is 2. The molecule has 0 aliphatic heterocycles. The van der Waals surface area contributed by atoms with Crippen LogP contribution in [0.15, 0.2) is 64.2 Å². The predicted molar refractivity (Wildman–Crippen MR) is 133 cm³/mol. The minimum Gasteiger partial charge on any atom is -0.493 e. The number of halogens is 1. The van der Waals surface area contributed by atoms with Gasteiger partial charge in [0.05, 0.1) is 24.2 Å². The van der Waals surface area contributed by atoms with Crippen molar-refractivity contribution in [1.29, 1.82) is 0 Å². The summed E-state index contributed by atoms with van der Waals surface area (Å²) in [4.78, 5) is 20.8. The topological polar surface area (TPSA) is 120 Å². The molecule has 11 heteroatoms. The largest absolute Gasteiger partial charge is 0.493 e. The summed E-state index contributed by atoms with van der Waals surface area (Å²) in [5, 5.41) is 2.77. The Kier molecular flexibility index (Phi) is 8.46. The van der Waals surface area contributed by atoms with Crippen molar-refractivity contribution >= 4 is 43.4 Å². The first-order chi connectivity index (χ1) is 16.2. The third kappa shape index (κ3) is 6.67. The highest BCUT2D eigenvalue weighted by atomic mass is 79.9. The van der Waals surface area contributed by atoms with Crippen molar-refractivity contribution in [2.75, 3.05) is 23.8 Å². The lowest BCUT2D eigenvalue weighted by atomic mass is 10.1. The number of anilines is 2. The van der Waals surface area contributed by atoms with Crippen molar-refractivity contribution in [3.63, 3.8) is 0 Å². The second-order valence-electron chi connectivity index (χ2n) is 7.67. The van der Waals surface area contributed by atoms with Crippen LogP contribution in [0.4, 0.5) is 11.5 Å². The van der Waals surface area contributed by atoms with E-state index >= 15 is 0 Å². The van der Waals surface area contributed by atoms with E-state index in [1.165, 1.54) is 43.8 Å². The van der Waals surface area contributed by atoms with E-state index in [0.717, 1.165) is 10.9 Å². The van der Waals surface area contributed by atoms with Crippen molar-refractivity contribution in [3.8, 4) is 11.6 Å². The molecular weight excluding hydrogens is 524 g/mol. The van der Waals surface area contributed by atoms with Crippen LogP contribution in [0.2, 0.25) is 0 Å². The minimum absolute atomic E-state index is 0.0154. The van der Waals surface area contributed by atoms with Gasteiger partial charge in [0.15, 0.2) is 0 Å². The van der Waals surface area contributed by atoms with Gasteiger partial charge in [-0.05, 0) is 54.8 Å². The van der Waals surface area contributed by atoms with E-state index in [0.29, 0.717) is 29.5 Å². The molecule has 1 heterocycles. The minimum atomic E-state index is -3.94. The molecule has 0 radical (unpaired) electrons. The van der Waals surface area contributed by atoms with Gasteiger partial charge >= 0.3 is 0 Å². The molecule has 0 saturated carbocycles. The fourth-order valence-corrected chi connectivity index (χ4v) is 4.22. The second-order valence-corrected chi connectivity index (χ2v) is 10.3. The van der Waals surface area contributed by atoms with Crippen LogP contribution >= 0.6 is 15.9 Å². The molecule has 0 atom stereocenters. The van der Waals surface area contributed by atoms with Gasteiger partial charge in [-0.2, -0.15) is 0 Å². The van der Waals surface area contributed by atoms with Crippen LogP contribution in [-0.4, -0.2) is 38.0 Å². The first-order valence-electron chi connectivity index (χ1n) is 10.4. The van der Waals surface area contributed by atoms with Crippen LogP contribution in [0, 0.1) is 5.92 Å². The van der Waals surface area contributed by atoms with Gasteiger partial charge in [-0.15, -0.1) is 0 Å². The van der Waals surface area contributed by atoms with Gasteiger partial charge in [-0.1, -0.05) is 29.8 Å². The van der Waals surface area contributed by atoms with E-state index in [2.05, 4.69) is 49.8 Å². The van der Waals surface area contributed by atoms with E-state index in [1.807, 2.05) is 0 Å². The molecule has 180 valence electrons. The molecule has 1 aromatic heterocycles. The number of aromatic nitrogens is 2. The van der Waals surface area contributed by atoms with Crippen LogP contribution in [0.1, 0.15) is 30.6 Å². The van der Waals surface area contributed by atoms with E-state index < -0.39 is 10.0 Å². The van der Waals surface area contributed by atoms with Crippen LogP contribution in [0.25, 0.3) is 0 Å². The lowest BCUT2D eigenvalue weighted by Gasteiger charge is -2.14. The summed E-state index contributed by atoms with van der Waals surface area (Å²) in [6.07, 6.45) is 3.60. The number of hydrogen-bond donors (Lipinski definition) is 2. The number of ether oxygens (including phenoxy) is 2. The Labute approximate surface area is 207 Å². The average molecular weight is 549 g/mol. The summed E-state index contributed by atoms with van der Waals surface area (Å²) in [5.74, 6) is 0.603. The fourth-order valence-electron chi connectivity index (χ4n) is 2.86. The van der Waals surface area contributed by atoms with E-state index in [9.17, 15) is 13.2 Å². The van der Waals surface area contributed by atoms with E-state index in [4.69, 9.17) is 9.47 Å². The Hall–Kier alpha value is -3.18. The van der Waals surface area contributed by atoms with Crippen molar-refractivity contribution in [2.24, 2.45) is 5.92 Å². The molecular formula is C23H25BrN4O5S. The Balaban J connectivity index is 1.73. The monoisotopic (exact) mass is 548 g/mol. The number of carbonyl (C=O) groups excluding carboxylic acids is 1. The standard InChI is InChI=1S/C23H25BrN4O5S/c1-15(2)10-13-33-20-9-4-16(24)14-19(20)22(29)27-17-5-7-18(8-6-17)34(30,31)28-21-23(32-3)26-12-11-25-21/h4-9,11-12,14-15H,10,13H2,1-3H3,(H,25,28)(H,27,29). The predicted octanol–water partition coefficient (Wildman–Crippen LogP) is 4.73. The maximum atomic E-state index is 12.9. The Morgan fingerprint density at radius 2 is 1.79 bits per heavy atom. The summed E-state index contributed by atoms with van der Waals surface area (Å²) in [6.45, 7) is 4.69. The van der Waals surface area contributed by atoms with Gasteiger partial charge in [0.25, 0.3) is 21.8 Å². The highest BCUT2D eigenvalue weighted by molar-refractivity contribution is 9.10. The van der Waals surface area contributed by atoms with Gasteiger partial charge in [0.1, 0.15) is 5.75 Å². The number of sulfonamides is 1. The maximum absolute atomic E-state index is 12.9. The number of benzene rings is 2. The summed E-state index contributed by atoms with van der Waals surface area (Å²) in [6, 6.07) is 11.0. The maximum Gasteiger partial charge on any atom is 0.263 e. The molecule has 0 bridgehead atoms. The molecule has 0 unspecified atom stereocenters. The Morgan fingerprint density at radius 1 is 1.09 bits per heavy atom. The van der Waals surface area contributed by atoms with Gasteiger partial charge in [-0.3, -0.25) is 9.52 Å². The van der Waals surface area contributed by atoms with Crippen LogP contribution < -0.4 is 19.5 Å². The van der Waals surface area contributed by atoms with Crippen molar-refractivity contribution in [3.05, 3.63) is 64.9 Å². The zero-order valence-electron chi connectivity index (χ0n) is 18.9. The number of amides is 1. The first kappa shape index (κ1) is 25.4. The third-order valence-electron chi connectivity index (χ3n) is 4.65. The van der Waals surface area contributed by atoms with Crippen molar-refractivity contribution in [2.45, 2.75) is 25.2 Å². The zero-order valence-corrected chi connectivity index (χ0v) is 21.3. The normalized spacial score (nSPS) is 11.2. The Bertz CT molecular complexity index is 1250. The number of methoxy groups -OCH3 is 1. The quantitative estimate of drug-likeness (QED) is 0.375. The fraction of sp³-hybridized carbons (Fsp3) is 0.261. The van der Waals surface area contributed by atoms with Crippen molar-refractivity contribution < 1.29 is 22.7 Å². The van der Waals surface area contributed by atoms with Crippen molar-refractivity contribution in [1.82, 2.24) is 9.97 Å². The average Bonchev–Trinajstić information content (AvgIpc) is 2.80. The molecule has 3 aromatic rings. The molecule has 0 spiro atoms. The molecule has 1 amide bonds. The summed E-state index contributed by atoms with van der Waals surface area (Å²) in [5.41, 5.74) is 0.792. The van der Waals surface area contributed by atoms with Gasteiger partial charge in [0.2, 0.25) is 5.82 Å². The smallest absolute Gasteiger partial charge is 0.263 e. The third-order valence-corrected chi connectivity index (χ3v) is 6.50. The molecule has 2 aromatic carbocycles. The van der Waals surface area contributed by atoms with E-state index in [-0.39, 0.29) is 22.5 Å². The van der Waals surface area contributed by atoms with Crippen LogP contribution in [-0.2, 0) is 10.0 Å². The number of nitrogens with one attached hydrogen (secondary N) is 2. The number of carbonyl (C=O) groups is 1. The lowest BCUT2D eigenvalue weighted by Crippen LogP contribution is -2.16. The molecule has 3 rings (SSSR count). The molecule has 34 heavy (non-hydrogen) atoms. The van der Waals surface area contributed by atoms with Crippen LogP contribution in [0.5, 0.6) is 11.6 Å². The second kappa shape index (κ2) is 11.3. The SMILES string of the molecule is COc1nccnc1NS(=O)(=O)c1ccc(NC(=O)c2cc(Br)ccc2OCCC(C)C)cc1. The number of hydrogen-bond acceptors (Lipinski definition) is 7. The van der Waals surface area contributed by atoms with E-state index in [1.54, 1.807) is 18.2 Å². The van der Waals surface area contributed by atoms with Gasteiger partial charge in [0, 0.05) is 22.6 Å².